The molecular formula is C17H16Cl2N2O3. The van der Waals surface area contributed by atoms with Crippen LogP contribution in [0.1, 0.15) is 28.9 Å². The molecular weight excluding hydrogens is 351 g/mol. The van der Waals surface area contributed by atoms with Gasteiger partial charge >= 0.3 is 5.97 Å². The van der Waals surface area contributed by atoms with E-state index in [1.54, 1.807) is 12.1 Å². The molecule has 2 aromatic carbocycles. The van der Waals surface area contributed by atoms with Gasteiger partial charge in [0, 0.05) is 15.7 Å². The van der Waals surface area contributed by atoms with Gasteiger partial charge < -0.3 is 15.8 Å². The molecule has 0 saturated heterocycles. The molecule has 0 aromatic heterocycles. The van der Waals surface area contributed by atoms with E-state index in [-0.39, 0.29) is 17.3 Å². The standard InChI is InChI=1S/C17H16Cl2N2O3/c1-10(11-2-4-12(18)5-3-11)21-16(22)9-24-17(23)14-7-6-13(19)8-15(14)20/h2-8,10H,9,20H2,1H3,(H,21,22)/t10-/m0/s1. The summed E-state index contributed by atoms with van der Waals surface area (Å²) in [7, 11) is 0. The number of amides is 1. The van der Waals surface area contributed by atoms with Crippen molar-refractivity contribution in [3.05, 3.63) is 63.6 Å². The summed E-state index contributed by atoms with van der Waals surface area (Å²) in [4.78, 5) is 23.8. The summed E-state index contributed by atoms with van der Waals surface area (Å²) in [6, 6.07) is 11.3. The van der Waals surface area contributed by atoms with Crippen molar-refractivity contribution in [2.24, 2.45) is 0 Å². The van der Waals surface area contributed by atoms with Crippen LogP contribution in [0.2, 0.25) is 10.0 Å². The molecule has 0 saturated carbocycles. The highest BCUT2D eigenvalue weighted by Gasteiger charge is 2.15. The van der Waals surface area contributed by atoms with Gasteiger partial charge in [-0.2, -0.15) is 0 Å². The molecule has 0 aliphatic heterocycles. The van der Waals surface area contributed by atoms with Crippen LogP contribution in [0.3, 0.4) is 0 Å². The molecule has 2 aromatic rings. The Morgan fingerprint density at radius 3 is 2.38 bits per heavy atom. The lowest BCUT2D eigenvalue weighted by molar-refractivity contribution is -0.124. The number of ether oxygens (including phenoxy) is 1. The number of nitrogen functional groups attached to an aromatic ring is 1. The van der Waals surface area contributed by atoms with Gasteiger partial charge in [0.15, 0.2) is 6.61 Å². The maximum absolute atomic E-state index is 11.9. The number of hydrogen-bond acceptors (Lipinski definition) is 4. The maximum atomic E-state index is 11.9. The molecule has 24 heavy (non-hydrogen) atoms. The molecule has 0 aliphatic carbocycles. The molecule has 0 aliphatic rings. The van der Waals surface area contributed by atoms with Crippen molar-refractivity contribution >= 4 is 40.8 Å². The van der Waals surface area contributed by atoms with Crippen molar-refractivity contribution in [1.29, 1.82) is 0 Å². The largest absolute Gasteiger partial charge is 0.452 e. The van der Waals surface area contributed by atoms with E-state index in [0.29, 0.717) is 10.0 Å². The second-order valence-corrected chi connectivity index (χ2v) is 6.02. The first-order chi connectivity index (χ1) is 11.4. The monoisotopic (exact) mass is 366 g/mol. The number of carbonyl (C=O) groups excluding carboxylic acids is 2. The number of carbonyl (C=O) groups is 2. The van der Waals surface area contributed by atoms with Gasteiger partial charge in [0.25, 0.3) is 5.91 Å². The molecule has 0 radical (unpaired) electrons. The highest BCUT2D eigenvalue weighted by molar-refractivity contribution is 6.31. The van der Waals surface area contributed by atoms with Crippen LogP contribution >= 0.6 is 23.2 Å². The minimum absolute atomic E-state index is 0.165. The van der Waals surface area contributed by atoms with Crippen LogP contribution < -0.4 is 11.1 Å². The number of halogens is 2. The highest BCUT2D eigenvalue weighted by atomic mass is 35.5. The van der Waals surface area contributed by atoms with Crippen LogP contribution in [0.4, 0.5) is 5.69 Å². The zero-order valence-corrected chi connectivity index (χ0v) is 14.4. The molecule has 0 fully saturated rings. The Hall–Kier alpha value is -2.24. The Labute approximate surface area is 149 Å². The summed E-state index contributed by atoms with van der Waals surface area (Å²) in [5, 5.41) is 3.77. The van der Waals surface area contributed by atoms with Crippen LogP contribution in [0, 0.1) is 0 Å². The normalized spacial score (nSPS) is 11.6. The molecule has 0 spiro atoms. The Morgan fingerprint density at radius 2 is 1.75 bits per heavy atom. The average molecular weight is 367 g/mol. The molecule has 0 heterocycles. The number of anilines is 1. The predicted molar refractivity (Wildman–Crippen MR) is 94.2 cm³/mol. The summed E-state index contributed by atoms with van der Waals surface area (Å²) in [6.07, 6.45) is 0. The molecule has 7 heteroatoms. The molecule has 126 valence electrons. The van der Waals surface area contributed by atoms with Crippen molar-refractivity contribution in [3.63, 3.8) is 0 Å². The quantitative estimate of drug-likeness (QED) is 0.625. The number of nitrogens with one attached hydrogen (secondary N) is 1. The van der Waals surface area contributed by atoms with Crippen molar-refractivity contribution < 1.29 is 14.3 Å². The minimum Gasteiger partial charge on any atom is -0.452 e. The van der Waals surface area contributed by atoms with E-state index >= 15 is 0 Å². The topological polar surface area (TPSA) is 81.4 Å². The van der Waals surface area contributed by atoms with Crippen molar-refractivity contribution in [3.8, 4) is 0 Å². The first-order valence-electron chi connectivity index (χ1n) is 7.14. The van der Waals surface area contributed by atoms with Crippen molar-refractivity contribution in [2.75, 3.05) is 12.3 Å². The molecule has 5 nitrogen and oxygen atoms in total. The third kappa shape index (κ3) is 4.88. The van der Waals surface area contributed by atoms with Crippen LogP contribution in [0.15, 0.2) is 42.5 Å². The zero-order chi connectivity index (χ0) is 17.7. The number of hydrogen-bond donors (Lipinski definition) is 2. The lowest BCUT2D eigenvalue weighted by atomic mass is 10.1. The van der Waals surface area contributed by atoms with Crippen molar-refractivity contribution in [2.45, 2.75) is 13.0 Å². The van der Waals surface area contributed by atoms with Crippen LogP contribution in [0.25, 0.3) is 0 Å². The third-order valence-electron chi connectivity index (χ3n) is 3.32. The third-order valence-corrected chi connectivity index (χ3v) is 3.80. The fourth-order valence-electron chi connectivity index (χ4n) is 2.05. The van der Waals surface area contributed by atoms with Gasteiger partial charge in [-0.25, -0.2) is 4.79 Å². The lowest BCUT2D eigenvalue weighted by Gasteiger charge is -2.14. The summed E-state index contributed by atoms with van der Waals surface area (Å²) in [5.41, 5.74) is 6.95. The van der Waals surface area contributed by atoms with E-state index in [2.05, 4.69) is 5.32 Å². The number of rotatable bonds is 5. The number of benzene rings is 2. The first-order valence-corrected chi connectivity index (χ1v) is 7.89. The van der Waals surface area contributed by atoms with Gasteiger partial charge in [0.1, 0.15) is 0 Å². The molecule has 1 atom stereocenters. The number of esters is 1. The Morgan fingerprint density at radius 1 is 1.12 bits per heavy atom. The predicted octanol–water partition coefficient (Wildman–Crippen LogP) is 3.61. The first kappa shape index (κ1) is 18.1. The molecule has 2 rings (SSSR count). The van der Waals surface area contributed by atoms with Crippen molar-refractivity contribution in [1.82, 2.24) is 5.32 Å². The summed E-state index contributed by atoms with van der Waals surface area (Å²) < 4.78 is 4.97. The molecule has 0 bridgehead atoms. The average Bonchev–Trinajstić information content (AvgIpc) is 2.53. The summed E-state index contributed by atoms with van der Waals surface area (Å²) in [5.74, 6) is -1.10. The summed E-state index contributed by atoms with van der Waals surface area (Å²) in [6.45, 7) is 1.42. The van der Waals surface area contributed by atoms with E-state index in [1.165, 1.54) is 18.2 Å². The van der Waals surface area contributed by atoms with E-state index in [4.69, 9.17) is 33.7 Å². The van der Waals surface area contributed by atoms with Gasteiger partial charge in [-0.05, 0) is 42.8 Å². The van der Waals surface area contributed by atoms with E-state index in [0.717, 1.165) is 5.56 Å². The molecule has 1 amide bonds. The molecule has 0 unspecified atom stereocenters. The highest BCUT2D eigenvalue weighted by Crippen LogP contribution is 2.19. The van der Waals surface area contributed by atoms with Crippen LogP contribution in [-0.2, 0) is 9.53 Å². The minimum atomic E-state index is -0.682. The second kappa shape index (κ2) is 8.04. The van der Waals surface area contributed by atoms with E-state index in [1.807, 2.05) is 19.1 Å². The zero-order valence-electron chi connectivity index (χ0n) is 12.9. The van der Waals surface area contributed by atoms with Gasteiger partial charge in [0.2, 0.25) is 0 Å². The van der Waals surface area contributed by atoms with Crippen LogP contribution in [-0.4, -0.2) is 18.5 Å². The van der Waals surface area contributed by atoms with E-state index in [9.17, 15) is 9.59 Å². The van der Waals surface area contributed by atoms with E-state index < -0.39 is 18.5 Å². The summed E-state index contributed by atoms with van der Waals surface area (Å²) >= 11 is 11.6. The fourth-order valence-corrected chi connectivity index (χ4v) is 2.35. The molecule has 3 N–H and O–H groups in total. The fraction of sp³-hybridized carbons (Fsp3) is 0.176. The Kier molecular flexibility index (Phi) is 6.06. The maximum Gasteiger partial charge on any atom is 0.340 e. The lowest BCUT2D eigenvalue weighted by Crippen LogP contribution is -2.31. The second-order valence-electron chi connectivity index (χ2n) is 5.15. The van der Waals surface area contributed by atoms with Gasteiger partial charge in [-0.3, -0.25) is 4.79 Å². The number of nitrogens with two attached hydrogens (primary N) is 1. The Bertz CT molecular complexity index is 748. The smallest absolute Gasteiger partial charge is 0.340 e. The SMILES string of the molecule is C[C@H](NC(=O)COC(=O)c1ccc(Cl)cc1N)c1ccc(Cl)cc1. The Balaban J connectivity index is 1.88. The van der Waals surface area contributed by atoms with Gasteiger partial charge in [-0.15, -0.1) is 0 Å². The van der Waals surface area contributed by atoms with Crippen LogP contribution in [0.5, 0.6) is 0 Å². The van der Waals surface area contributed by atoms with Gasteiger partial charge in [-0.1, -0.05) is 35.3 Å². The van der Waals surface area contributed by atoms with Gasteiger partial charge in [0.05, 0.1) is 11.6 Å².